The van der Waals surface area contributed by atoms with Crippen LogP contribution in [0.1, 0.15) is 58.8 Å². The van der Waals surface area contributed by atoms with Crippen LogP contribution >= 0.6 is 0 Å². The molecule has 3 nitrogen and oxygen atoms in total. The van der Waals surface area contributed by atoms with E-state index >= 15 is 0 Å². The van der Waals surface area contributed by atoms with Crippen molar-refractivity contribution in [1.29, 1.82) is 0 Å². The zero-order chi connectivity index (χ0) is 12.0. The van der Waals surface area contributed by atoms with E-state index in [1.807, 2.05) is 0 Å². The lowest BCUT2D eigenvalue weighted by atomic mass is 9.83. The fraction of sp³-hybridized carbons (Fsp3) is 0.923. The molecule has 0 bridgehead atoms. The van der Waals surface area contributed by atoms with Gasteiger partial charge in [-0.1, -0.05) is 32.6 Å². The summed E-state index contributed by atoms with van der Waals surface area (Å²) in [7, 11) is 0. The molecule has 0 radical (unpaired) electrons. The Hall–Kier alpha value is -0.570. The molecule has 1 amide bonds. The summed E-state index contributed by atoms with van der Waals surface area (Å²) in [5, 5.41) is 3.20. The van der Waals surface area contributed by atoms with Crippen LogP contribution in [0.5, 0.6) is 0 Å². The van der Waals surface area contributed by atoms with Crippen molar-refractivity contribution in [2.75, 3.05) is 6.54 Å². The molecule has 94 valence electrons. The minimum absolute atomic E-state index is 0.0439. The van der Waals surface area contributed by atoms with Crippen LogP contribution < -0.4 is 11.1 Å². The maximum Gasteiger partial charge on any atom is 0.220 e. The van der Waals surface area contributed by atoms with Gasteiger partial charge in [0.25, 0.3) is 0 Å². The van der Waals surface area contributed by atoms with Gasteiger partial charge in [0.2, 0.25) is 5.91 Å². The van der Waals surface area contributed by atoms with Crippen LogP contribution in [-0.4, -0.2) is 18.0 Å². The van der Waals surface area contributed by atoms with Crippen molar-refractivity contribution in [3.8, 4) is 0 Å². The summed E-state index contributed by atoms with van der Waals surface area (Å²) in [6.07, 6.45) is 7.61. The summed E-state index contributed by atoms with van der Waals surface area (Å²) in [5.74, 6) is 0.522. The van der Waals surface area contributed by atoms with Gasteiger partial charge in [-0.15, -0.1) is 0 Å². The Kier molecular flexibility index (Phi) is 5.26. The molecule has 1 atom stereocenters. The number of hydrogen-bond donors (Lipinski definition) is 2. The molecule has 0 aromatic rings. The number of rotatable bonds is 5. The van der Waals surface area contributed by atoms with Gasteiger partial charge in [-0.2, -0.15) is 0 Å². The molecule has 1 fully saturated rings. The first-order valence-electron chi connectivity index (χ1n) is 6.60. The first kappa shape index (κ1) is 13.5. The van der Waals surface area contributed by atoms with Crippen molar-refractivity contribution in [1.82, 2.24) is 5.32 Å². The van der Waals surface area contributed by atoms with Gasteiger partial charge in [-0.3, -0.25) is 4.79 Å². The molecule has 3 heteroatoms. The Morgan fingerprint density at radius 2 is 2.00 bits per heavy atom. The Balaban J connectivity index is 2.37. The molecule has 16 heavy (non-hydrogen) atoms. The quantitative estimate of drug-likeness (QED) is 0.755. The fourth-order valence-electron chi connectivity index (χ4n) is 2.50. The molecule has 0 aliphatic heterocycles. The lowest BCUT2D eigenvalue weighted by molar-refractivity contribution is -0.124. The highest BCUT2D eigenvalue weighted by atomic mass is 16.1. The Labute approximate surface area is 99.2 Å². The van der Waals surface area contributed by atoms with Crippen LogP contribution in [0.2, 0.25) is 0 Å². The first-order chi connectivity index (χ1) is 7.59. The summed E-state index contributed by atoms with van der Waals surface area (Å²) in [6, 6.07) is 0. The van der Waals surface area contributed by atoms with Gasteiger partial charge in [0.1, 0.15) is 0 Å². The standard InChI is InChI=1S/C13H26N2O/c1-3-11(10-14)9-12(16)15-13(2)7-5-4-6-8-13/h11H,3-10,14H2,1-2H3,(H,15,16). The fourth-order valence-corrected chi connectivity index (χ4v) is 2.50. The van der Waals surface area contributed by atoms with Crippen LogP contribution in [0.15, 0.2) is 0 Å². The van der Waals surface area contributed by atoms with Gasteiger partial charge in [-0.25, -0.2) is 0 Å². The van der Waals surface area contributed by atoms with Crippen LogP contribution in [0.4, 0.5) is 0 Å². The second kappa shape index (κ2) is 6.24. The van der Waals surface area contributed by atoms with Gasteiger partial charge in [0.15, 0.2) is 0 Å². The zero-order valence-corrected chi connectivity index (χ0v) is 10.7. The van der Waals surface area contributed by atoms with Crippen molar-refractivity contribution in [2.45, 2.75) is 64.3 Å². The molecule has 0 saturated heterocycles. The van der Waals surface area contributed by atoms with Crippen LogP contribution in [-0.2, 0) is 4.79 Å². The minimum Gasteiger partial charge on any atom is -0.351 e. The van der Waals surface area contributed by atoms with Crippen molar-refractivity contribution >= 4 is 5.91 Å². The van der Waals surface area contributed by atoms with E-state index in [0.29, 0.717) is 18.9 Å². The van der Waals surface area contributed by atoms with E-state index in [9.17, 15) is 4.79 Å². The molecule has 1 unspecified atom stereocenters. The van der Waals surface area contributed by atoms with Crippen molar-refractivity contribution in [3.05, 3.63) is 0 Å². The third kappa shape index (κ3) is 4.12. The summed E-state index contributed by atoms with van der Waals surface area (Å²) < 4.78 is 0. The molecule has 0 aromatic heterocycles. The molecule has 1 saturated carbocycles. The second-order valence-corrected chi connectivity index (χ2v) is 5.38. The topological polar surface area (TPSA) is 55.1 Å². The van der Waals surface area contributed by atoms with Gasteiger partial charge < -0.3 is 11.1 Å². The molecule has 1 aliphatic rings. The lowest BCUT2D eigenvalue weighted by Crippen LogP contribution is -2.47. The number of hydrogen-bond acceptors (Lipinski definition) is 2. The molecule has 1 rings (SSSR count). The van der Waals surface area contributed by atoms with Crippen molar-refractivity contribution < 1.29 is 4.79 Å². The van der Waals surface area contributed by atoms with Crippen LogP contribution in [0, 0.1) is 5.92 Å². The van der Waals surface area contributed by atoms with E-state index in [0.717, 1.165) is 19.3 Å². The second-order valence-electron chi connectivity index (χ2n) is 5.38. The van der Waals surface area contributed by atoms with E-state index < -0.39 is 0 Å². The lowest BCUT2D eigenvalue weighted by Gasteiger charge is -2.35. The molecule has 3 N–H and O–H groups in total. The first-order valence-corrected chi connectivity index (χ1v) is 6.60. The Morgan fingerprint density at radius 1 is 1.38 bits per heavy atom. The third-order valence-corrected chi connectivity index (χ3v) is 3.78. The van der Waals surface area contributed by atoms with E-state index in [1.165, 1.54) is 19.3 Å². The van der Waals surface area contributed by atoms with Gasteiger partial charge in [0, 0.05) is 12.0 Å². The smallest absolute Gasteiger partial charge is 0.220 e. The monoisotopic (exact) mass is 226 g/mol. The summed E-state index contributed by atoms with van der Waals surface area (Å²) in [4.78, 5) is 11.9. The SMILES string of the molecule is CCC(CN)CC(=O)NC1(C)CCCCC1. The predicted octanol–water partition coefficient (Wildman–Crippen LogP) is 2.20. The highest BCUT2D eigenvalue weighted by Gasteiger charge is 2.28. The molecule has 0 spiro atoms. The van der Waals surface area contributed by atoms with Crippen LogP contribution in [0.25, 0.3) is 0 Å². The highest BCUT2D eigenvalue weighted by Crippen LogP contribution is 2.27. The number of carbonyl (C=O) groups is 1. The van der Waals surface area contributed by atoms with Gasteiger partial charge in [0.05, 0.1) is 0 Å². The molecule has 0 aromatic carbocycles. The Morgan fingerprint density at radius 3 is 2.50 bits per heavy atom. The Bertz CT molecular complexity index is 218. The molecule has 1 aliphatic carbocycles. The molecular formula is C13H26N2O. The largest absolute Gasteiger partial charge is 0.351 e. The number of amides is 1. The summed E-state index contributed by atoms with van der Waals surface area (Å²) >= 11 is 0. The average molecular weight is 226 g/mol. The maximum absolute atomic E-state index is 11.9. The highest BCUT2D eigenvalue weighted by molar-refractivity contribution is 5.77. The molecule has 0 heterocycles. The zero-order valence-electron chi connectivity index (χ0n) is 10.7. The van der Waals surface area contributed by atoms with Gasteiger partial charge in [-0.05, 0) is 32.2 Å². The number of nitrogens with one attached hydrogen (secondary N) is 1. The molecular weight excluding hydrogens is 200 g/mol. The number of carbonyl (C=O) groups excluding carboxylic acids is 1. The summed E-state index contributed by atoms with van der Waals surface area (Å²) in [6.45, 7) is 4.88. The number of nitrogens with two attached hydrogens (primary N) is 1. The van der Waals surface area contributed by atoms with E-state index in [2.05, 4.69) is 19.2 Å². The maximum atomic E-state index is 11.9. The van der Waals surface area contributed by atoms with Gasteiger partial charge >= 0.3 is 0 Å². The average Bonchev–Trinajstić information content (AvgIpc) is 2.26. The van der Waals surface area contributed by atoms with E-state index in [4.69, 9.17) is 5.73 Å². The van der Waals surface area contributed by atoms with Crippen molar-refractivity contribution in [3.63, 3.8) is 0 Å². The predicted molar refractivity (Wildman–Crippen MR) is 67.1 cm³/mol. The van der Waals surface area contributed by atoms with Crippen molar-refractivity contribution in [2.24, 2.45) is 11.7 Å². The van der Waals surface area contributed by atoms with Crippen LogP contribution in [0.3, 0.4) is 0 Å². The van der Waals surface area contributed by atoms with E-state index in [-0.39, 0.29) is 11.4 Å². The minimum atomic E-state index is 0.0439. The van der Waals surface area contributed by atoms with E-state index in [1.54, 1.807) is 0 Å². The third-order valence-electron chi connectivity index (χ3n) is 3.78. The summed E-state index contributed by atoms with van der Waals surface area (Å²) in [5.41, 5.74) is 5.66. The normalized spacial score (nSPS) is 21.4.